The Morgan fingerprint density at radius 3 is 3.15 bits per heavy atom. The Labute approximate surface area is 116 Å². The average molecular weight is 278 g/mol. The highest BCUT2D eigenvalue weighted by Crippen LogP contribution is 2.27. The van der Waals surface area contributed by atoms with Crippen LogP contribution in [-0.2, 0) is 22.7 Å². The minimum atomic E-state index is -0.0527. The van der Waals surface area contributed by atoms with Crippen molar-refractivity contribution in [3.63, 3.8) is 0 Å². The molecule has 3 N–H and O–H groups in total. The number of piperidine rings is 1. The maximum atomic E-state index is 12.4. The Balaban J connectivity index is 1.68. The molecule has 0 aliphatic carbocycles. The van der Waals surface area contributed by atoms with Gasteiger partial charge >= 0.3 is 0 Å². The smallest absolute Gasteiger partial charge is 0.244 e. The number of amides is 2. The van der Waals surface area contributed by atoms with E-state index in [2.05, 4.69) is 15.6 Å². The van der Waals surface area contributed by atoms with Crippen molar-refractivity contribution in [1.82, 2.24) is 25.2 Å². The molecular weight excluding hydrogens is 260 g/mol. The van der Waals surface area contributed by atoms with Gasteiger partial charge < -0.3 is 16.0 Å². The first-order chi connectivity index (χ1) is 9.69. The maximum absolute atomic E-state index is 12.4. The van der Waals surface area contributed by atoms with Crippen molar-refractivity contribution in [1.29, 1.82) is 0 Å². The zero-order valence-electron chi connectivity index (χ0n) is 11.2. The molecule has 2 aliphatic heterocycles. The highest BCUT2D eigenvalue weighted by Gasteiger charge is 2.42. The molecule has 1 aromatic heterocycles. The lowest BCUT2D eigenvalue weighted by molar-refractivity contribution is -0.137. The number of likely N-dealkylation sites (tertiary alicyclic amines) is 1. The molecule has 3 rings (SSSR count). The fraction of sp³-hybridized carbons (Fsp3) is 0.667. The van der Waals surface area contributed by atoms with E-state index in [0.717, 1.165) is 12.8 Å². The summed E-state index contributed by atoms with van der Waals surface area (Å²) in [5.41, 5.74) is 6.12. The van der Waals surface area contributed by atoms with Gasteiger partial charge in [0.25, 0.3) is 0 Å². The van der Waals surface area contributed by atoms with Gasteiger partial charge in [-0.1, -0.05) is 5.21 Å². The van der Waals surface area contributed by atoms with E-state index >= 15 is 0 Å². The number of nitrogens with two attached hydrogens (primary N) is 1. The first-order valence-electron chi connectivity index (χ1n) is 6.85. The Morgan fingerprint density at radius 1 is 1.55 bits per heavy atom. The van der Waals surface area contributed by atoms with Crippen molar-refractivity contribution in [3.8, 4) is 0 Å². The summed E-state index contributed by atoms with van der Waals surface area (Å²) in [6, 6.07) is -0.0127. The quantitative estimate of drug-likeness (QED) is 0.698. The van der Waals surface area contributed by atoms with E-state index < -0.39 is 0 Å². The Hall–Kier alpha value is -1.96. The van der Waals surface area contributed by atoms with Crippen LogP contribution in [0.5, 0.6) is 0 Å². The lowest BCUT2D eigenvalue weighted by Gasteiger charge is -2.35. The molecule has 8 nitrogen and oxygen atoms in total. The number of carbonyl (C=O) groups excluding carboxylic acids is 2. The predicted octanol–water partition coefficient (Wildman–Crippen LogP) is -1.53. The summed E-state index contributed by atoms with van der Waals surface area (Å²) < 4.78 is 1.50. The predicted molar refractivity (Wildman–Crippen MR) is 69.1 cm³/mol. The Kier molecular flexibility index (Phi) is 3.39. The number of aromatic nitrogens is 3. The van der Waals surface area contributed by atoms with Crippen molar-refractivity contribution >= 4 is 11.8 Å². The number of hydrogen-bond donors (Lipinski definition) is 2. The minimum absolute atomic E-state index is 0.0127. The molecule has 2 fully saturated rings. The lowest BCUT2D eigenvalue weighted by Crippen LogP contribution is -2.49. The topological polar surface area (TPSA) is 106 Å². The van der Waals surface area contributed by atoms with Crippen LogP contribution in [0.25, 0.3) is 0 Å². The number of hydrogen-bond acceptors (Lipinski definition) is 5. The van der Waals surface area contributed by atoms with Crippen molar-refractivity contribution in [3.05, 3.63) is 11.9 Å². The number of nitrogens with one attached hydrogen (secondary N) is 1. The van der Waals surface area contributed by atoms with Gasteiger partial charge in [0.1, 0.15) is 6.54 Å². The van der Waals surface area contributed by atoms with Crippen molar-refractivity contribution in [2.45, 2.75) is 32.0 Å². The molecule has 0 bridgehead atoms. The van der Waals surface area contributed by atoms with E-state index in [4.69, 9.17) is 5.73 Å². The third-order valence-electron chi connectivity index (χ3n) is 4.01. The second-order valence-electron chi connectivity index (χ2n) is 5.26. The van der Waals surface area contributed by atoms with E-state index in [9.17, 15) is 9.59 Å². The monoisotopic (exact) mass is 278 g/mol. The minimum Gasteiger partial charge on any atom is -0.354 e. The molecule has 2 atom stereocenters. The second-order valence-corrected chi connectivity index (χ2v) is 5.26. The highest BCUT2D eigenvalue weighted by atomic mass is 16.2. The van der Waals surface area contributed by atoms with Gasteiger partial charge in [-0.3, -0.25) is 9.59 Å². The SMILES string of the molecule is NCc1cn(CC(=O)N2CCCC3C(=O)NCC32)nn1. The molecule has 108 valence electrons. The van der Waals surface area contributed by atoms with E-state index in [1.54, 1.807) is 11.1 Å². The summed E-state index contributed by atoms with van der Waals surface area (Å²) in [4.78, 5) is 25.9. The van der Waals surface area contributed by atoms with Gasteiger partial charge in [-0.2, -0.15) is 0 Å². The molecule has 2 aliphatic rings. The van der Waals surface area contributed by atoms with E-state index in [1.807, 2.05) is 0 Å². The van der Waals surface area contributed by atoms with Crippen molar-refractivity contribution in [2.24, 2.45) is 11.7 Å². The van der Waals surface area contributed by atoms with Crippen LogP contribution in [0.15, 0.2) is 6.20 Å². The first-order valence-corrected chi connectivity index (χ1v) is 6.85. The maximum Gasteiger partial charge on any atom is 0.244 e. The van der Waals surface area contributed by atoms with Crippen LogP contribution in [0.1, 0.15) is 18.5 Å². The molecule has 0 aromatic carbocycles. The molecular formula is C12H18N6O2. The summed E-state index contributed by atoms with van der Waals surface area (Å²) in [6.07, 6.45) is 3.41. The molecule has 3 heterocycles. The molecule has 2 amide bonds. The number of nitrogens with zero attached hydrogens (tertiary/aromatic N) is 4. The van der Waals surface area contributed by atoms with Crippen molar-refractivity contribution in [2.75, 3.05) is 13.1 Å². The first kappa shape index (κ1) is 13.0. The number of fused-ring (bicyclic) bond motifs is 1. The molecule has 8 heteroatoms. The molecule has 0 radical (unpaired) electrons. The van der Waals surface area contributed by atoms with Crippen molar-refractivity contribution < 1.29 is 9.59 Å². The van der Waals surface area contributed by atoms with Crippen LogP contribution in [0, 0.1) is 5.92 Å². The molecule has 2 saturated heterocycles. The normalized spacial score (nSPS) is 25.4. The van der Waals surface area contributed by atoms with Gasteiger partial charge in [0, 0.05) is 19.6 Å². The molecule has 2 unspecified atom stereocenters. The second kappa shape index (κ2) is 5.20. The molecule has 20 heavy (non-hydrogen) atoms. The summed E-state index contributed by atoms with van der Waals surface area (Å²) in [5, 5.41) is 10.6. The van der Waals surface area contributed by atoms with Crippen LogP contribution >= 0.6 is 0 Å². The third-order valence-corrected chi connectivity index (χ3v) is 4.01. The third kappa shape index (κ3) is 2.26. The van der Waals surface area contributed by atoms with Gasteiger partial charge in [-0.15, -0.1) is 5.10 Å². The summed E-state index contributed by atoms with van der Waals surface area (Å²) >= 11 is 0. The van der Waals surface area contributed by atoms with Gasteiger partial charge in [-0.05, 0) is 12.8 Å². The van der Waals surface area contributed by atoms with Gasteiger partial charge in [0.05, 0.1) is 23.9 Å². The zero-order valence-corrected chi connectivity index (χ0v) is 11.2. The van der Waals surface area contributed by atoms with E-state index in [1.165, 1.54) is 4.68 Å². The average Bonchev–Trinajstić information content (AvgIpc) is 3.06. The molecule has 0 spiro atoms. The lowest BCUT2D eigenvalue weighted by atomic mass is 9.91. The van der Waals surface area contributed by atoms with Crippen LogP contribution in [0.2, 0.25) is 0 Å². The molecule has 1 aromatic rings. The van der Waals surface area contributed by atoms with Gasteiger partial charge in [0.2, 0.25) is 11.8 Å². The Morgan fingerprint density at radius 2 is 2.40 bits per heavy atom. The van der Waals surface area contributed by atoms with E-state index in [0.29, 0.717) is 25.3 Å². The Bertz CT molecular complexity index is 528. The zero-order chi connectivity index (χ0) is 14.1. The number of carbonyl (C=O) groups is 2. The van der Waals surface area contributed by atoms with Crippen LogP contribution < -0.4 is 11.1 Å². The number of rotatable bonds is 3. The van der Waals surface area contributed by atoms with Crippen LogP contribution in [0.4, 0.5) is 0 Å². The highest BCUT2D eigenvalue weighted by molar-refractivity contribution is 5.84. The fourth-order valence-electron chi connectivity index (χ4n) is 3.00. The fourth-order valence-corrected chi connectivity index (χ4v) is 3.00. The summed E-state index contributed by atoms with van der Waals surface area (Å²) in [5.74, 6) is -0.00797. The summed E-state index contributed by atoms with van der Waals surface area (Å²) in [7, 11) is 0. The van der Waals surface area contributed by atoms with E-state index in [-0.39, 0.29) is 30.3 Å². The van der Waals surface area contributed by atoms with Crippen LogP contribution in [0.3, 0.4) is 0 Å². The largest absolute Gasteiger partial charge is 0.354 e. The standard InChI is InChI=1S/C12H18N6O2/c13-4-8-6-17(16-15-8)7-11(19)18-3-1-2-9-10(18)5-14-12(9)20/h6,9-10H,1-5,7,13H2,(H,14,20). The molecule has 0 saturated carbocycles. The summed E-state index contributed by atoms with van der Waals surface area (Å²) in [6.45, 7) is 1.71. The van der Waals surface area contributed by atoms with Gasteiger partial charge in [-0.25, -0.2) is 4.68 Å². The van der Waals surface area contributed by atoms with Gasteiger partial charge in [0.15, 0.2) is 0 Å². The van der Waals surface area contributed by atoms with Crippen LogP contribution in [-0.4, -0.2) is 50.8 Å².